The van der Waals surface area contributed by atoms with Gasteiger partial charge in [0.05, 0.1) is 4.90 Å². The number of hydrogen-bond donors (Lipinski definition) is 1. The van der Waals surface area contributed by atoms with Crippen LogP contribution in [0.15, 0.2) is 45.9 Å². The van der Waals surface area contributed by atoms with E-state index in [9.17, 15) is 8.42 Å². The lowest BCUT2D eigenvalue weighted by molar-refractivity contribution is 0.601. The third-order valence-electron chi connectivity index (χ3n) is 2.61. The molecule has 0 unspecified atom stereocenters. The molecule has 4 nitrogen and oxygen atoms in total. The molecule has 1 aromatic heterocycles. The van der Waals surface area contributed by atoms with Crippen LogP contribution in [0.2, 0.25) is 0 Å². The molecule has 0 atom stereocenters. The predicted molar refractivity (Wildman–Crippen MR) is 78.7 cm³/mol. The van der Waals surface area contributed by atoms with E-state index in [-0.39, 0.29) is 4.90 Å². The highest BCUT2D eigenvalue weighted by Crippen LogP contribution is 2.20. The number of anilines is 1. The van der Waals surface area contributed by atoms with Gasteiger partial charge in [-0.15, -0.1) is 0 Å². The van der Waals surface area contributed by atoms with Gasteiger partial charge in [-0.2, -0.15) is 0 Å². The Morgan fingerprint density at radius 1 is 1.16 bits per heavy atom. The van der Waals surface area contributed by atoms with Gasteiger partial charge in [0.1, 0.15) is 5.82 Å². The number of pyridine rings is 1. The average molecular weight is 341 g/mol. The van der Waals surface area contributed by atoms with Crippen molar-refractivity contribution in [3.8, 4) is 0 Å². The van der Waals surface area contributed by atoms with Gasteiger partial charge in [-0.1, -0.05) is 17.7 Å². The van der Waals surface area contributed by atoms with Gasteiger partial charge in [0.25, 0.3) is 10.0 Å². The SMILES string of the molecule is Cc1ccc(S(=O)(=O)Nc2ncc(Br)cc2C)cc1. The van der Waals surface area contributed by atoms with Crippen LogP contribution in [0, 0.1) is 13.8 Å². The van der Waals surface area contributed by atoms with E-state index in [4.69, 9.17) is 0 Å². The summed E-state index contributed by atoms with van der Waals surface area (Å²) in [6.07, 6.45) is 1.56. The summed E-state index contributed by atoms with van der Waals surface area (Å²) in [6.45, 7) is 3.70. The normalized spacial score (nSPS) is 11.3. The van der Waals surface area contributed by atoms with Crippen molar-refractivity contribution in [2.24, 2.45) is 0 Å². The van der Waals surface area contributed by atoms with Gasteiger partial charge in [0.15, 0.2) is 0 Å². The number of hydrogen-bond acceptors (Lipinski definition) is 3. The van der Waals surface area contributed by atoms with Crippen LogP contribution < -0.4 is 4.72 Å². The first kappa shape index (κ1) is 14.0. The summed E-state index contributed by atoms with van der Waals surface area (Å²) < 4.78 is 27.7. The van der Waals surface area contributed by atoms with Gasteiger partial charge >= 0.3 is 0 Å². The number of benzene rings is 1. The molecular weight excluding hydrogens is 328 g/mol. The Labute approximate surface area is 121 Å². The van der Waals surface area contributed by atoms with E-state index in [2.05, 4.69) is 25.6 Å². The number of nitrogens with one attached hydrogen (secondary N) is 1. The van der Waals surface area contributed by atoms with Crippen molar-refractivity contribution in [3.63, 3.8) is 0 Å². The van der Waals surface area contributed by atoms with Gasteiger partial charge in [0.2, 0.25) is 0 Å². The fraction of sp³-hybridized carbons (Fsp3) is 0.154. The molecule has 2 aromatic rings. The molecule has 1 aromatic carbocycles. The van der Waals surface area contributed by atoms with E-state index >= 15 is 0 Å². The van der Waals surface area contributed by atoms with Gasteiger partial charge < -0.3 is 0 Å². The van der Waals surface area contributed by atoms with Crippen LogP contribution in [0.4, 0.5) is 5.82 Å². The maximum atomic E-state index is 12.2. The molecule has 0 aliphatic heterocycles. The number of rotatable bonds is 3. The second-order valence-corrected chi connectivity index (χ2v) is 6.84. The van der Waals surface area contributed by atoms with Crippen molar-refractivity contribution in [2.75, 3.05) is 4.72 Å². The Kier molecular flexibility index (Phi) is 3.91. The maximum absolute atomic E-state index is 12.2. The Morgan fingerprint density at radius 2 is 1.79 bits per heavy atom. The Morgan fingerprint density at radius 3 is 2.37 bits per heavy atom. The summed E-state index contributed by atoms with van der Waals surface area (Å²) in [6, 6.07) is 8.48. The third-order valence-corrected chi connectivity index (χ3v) is 4.40. The van der Waals surface area contributed by atoms with Gasteiger partial charge in [-0.25, -0.2) is 13.4 Å². The van der Waals surface area contributed by atoms with Crippen LogP contribution in [0.5, 0.6) is 0 Å². The third kappa shape index (κ3) is 3.33. The van der Waals surface area contributed by atoms with Crippen LogP contribution in [0.25, 0.3) is 0 Å². The van der Waals surface area contributed by atoms with Crippen molar-refractivity contribution in [2.45, 2.75) is 18.7 Å². The molecule has 19 heavy (non-hydrogen) atoms. The quantitative estimate of drug-likeness (QED) is 0.932. The standard InChI is InChI=1S/C13H13BrN2O2S/c1-9-3-5-12(6-4-9)19(17,18)16-13-10(2)7-11(14)8-15-13/h3-8H,1-2H3,(H,15,16). The molecule has 0 radical (unpaired) electrons. The minimum absolute atomic E-state index is 0.224. The maximum Gasteiger partial charge on any atom is 0.263 e. The van der Waals surface area contributed by atoms with Crippen LogP contribution >= 0.6 is 15.9 Å². The lowest BCUT2D eigenvalue weighted by Crippen LogP contribution is -2.14. The van der Waals surface area contributed by atoms with Crippen molar-refractivity contribution in [1.82, 2.24) is 4.98 Å². The molecule has 0 saturated heterocycles. The smallest absolute Gasteiger partial charge is 0.263 e. The average Bonchev–Trinajstić information content (AvgIpc) is 2.33. The van der Waals surface area contributed by atoms with Crippen LogP contribution in [0.3, 0.4) is 0 Å². The van der Waals surface area contributed by atoms with E-state index in [1.165, 1.54) is 0 Å². The summed E-state index contributed by atoms with van der Waals surface area (Å²) in [5.41, 5.74) is 1.77. The number of sulfonamides is 1. The van der Waals surface area contributed by atoms with Crippen molar-refractivity contribution < 1.29 is 8.42 Å². The zero-order chi connectivity index (χ0) is 14.0. The fourth-order valence-corrected chi connectivity index (χ4v) is 3.08. The number of nitrogens with zero attached hydrogens (tertiary/aromatic N) is 1. The van der Waals surface area contributed by atoms with E-state index in [0.717, 1.165) is 15.6 Å². The summed E-state index contributed by atoms with van der Waals surface area (Å²) >= 11 is 3.29. The molecule has 1 N–H and O–H groups in total. The highest BCUT2D eigenvalue weighted by molar-refractivity contribution is 9.10. The second kappa shape index (κ2) is 5.30. The molecule has 0 aliphatic rings. The minimum Gasteiger partial charge on any atom is -0.263 e. The zero-order valence-corrected chi connectivity index (χ0v) is 12.9. The van der Waals surface area contributed by atoms with Gasteiger partial charge in [0, 0.05) is 10.7 Å². The van der Waals surface area contributed by atoms with Crippen LogP contribution in [-0.2, 0) is 10.0 Å². The first-order chi connectivity index (χ1) is 8.88. The predicted octanol–water partition coefficient (Wildman–Crippen LogP) is 3.26. The van der Waals surface area contributed by atoms with Crippen LogP contribution in [0.1, 0.15) is 11.1 Å². The van der Waals surface area contributed by atoms with E-state index in [1.807, 2.05) is 6.92 Å². The van der Waals surface area contributed by atoms with E-state index in [1.54, 1.807) is 43.5 Å². The Balaban J connectivity index is 2.33. The molecule has 6 heteroatoms. The highest BCUT2D eigenvalue weighted by atomic mass is 79.9. The number of halogens is 1. The molecule has 2 rings (SSSR count). The zero-order valence-electron chi connectivity index (χ0n) is 10.5. The number of aryl methyl sites for hydroxylation is 2. The monoisotopic (exact) mass is 340 g/mol. The Hall–Kier alpha value is -1.40. The van der Waals surface area contributed by atoms with Gasteiger partial charge in [-0.3, -0.25) is 4.72 Å². The van der Waals surface area contributed by atoms with E-state index in [0.29, 0.717) is 5.82 Å². The molecular formula is C13H13BrN2O2S. The molecule has 100 valence electrons. The lowest BCUT2D eigenvalue weighted by atomic mass is 10.2. The Bertz CT molecular complexity index is 697. The van der Waals surface area contributed by atoms with Gasteiger partial charge in [-0.05, 0) is 53.5 Å². The molecule has 0 saturated carbocycles. The summed E-state index contributed by atoms with van der Waals surface area (Å²) in [7, 11) is -3.59. The lowest BCUT2D eigenvalue weighted by Gasteiger charge is -2.10. The first-order valence-electron chi connectivity index (χ1n) is 5.60. The largest absolute Gasteiger partial charge is 0.263 e. The molecule has 0 bridgehead atoms. The van der Waals surface area contributed by atoms with E-state index < -0.39 is 10.0 Å². The van der Waals surface area contributed by atoms with Crippen molar-refractivity contribution >= 4 is 31.8 Å². The van der Waals surface area contributed by atoms with Crippen molar-refractivity contribution in [3.05, 3.63) is 52.1 Å². The highest BCUT2D eigenvalue weighted by Gasteiger charge is 2.15. The summed E-state index contributed by atoms with van der Waals surface area (Å²) in [5, 5.41) is 0. The first-order valence-corrected chi connectivity index (χ1v) is 7.88. The summed E-state index contributed by atoms with van der Waals surface area (Å²) in [5.74, 6) is 0.337. The fourth-order valence-electron chi connectivity index (χ4n) is 1.55. The second-order valence-electron chi connectivity index (χ2n) is 4.24. The molecule has 1 heterocycles. The molecule has 0 fully saturated rings. The molecule has 0 aliphatic carbocycles. The van der Waals surface area contributed by atoms with Crippen LogP contribution in [-0.4, -0.2) is 13.4 Å². The summed E-state index contributed by atoms with van der Waals surface area (Å²) in [4.78, 5) is 4.29. The minimum atomic E-state index is -3.59. The topological polar surface area (TPSA) is 59.1 Å². The molecule has 0 amide bonds. The number of aromatic nitrogens is 1. The van der Waals surface area contributed by atoms with Crippen molar-refractivity contribution in [1.29, 1.82) is 0 Å². The molecule has 0 spiro atoms.